The lowest BCUT2D eigenvalue weighted by molar-refractivity contribution is 0.0157. The third-order valence-corrected chi connectivity index (χ3v) is 2.78. The normalized spacial score (nSPS) is 17.4. The summed E-state index contributed by atoms with van der Waals surface area (Å²) in [5, 5.41) is 8.66. The highest BCUT2D eigenvalue weighted by atomic mass is 19.1. The maximum absolute atomic E-state index is 12.7. The Kier molecular flexibility index (Phi) is 4.22. The van der Waals surface area contributed by atoms with E-state index in [4.69, 9.17) is 9.84 Å². The van der Waals surface area contributed by atoms with Crippen LogP contribution < -0.4 is 4.90 Å². The van der Waals surface area contributed by atoms with Crippen LogP contribution in [-0.4, -0.2) is 47.5 Å². The van der Waals surface area contributed by atoms with Gasteiger partial charge in [-0.15, -0.1) is 0 Å². The molecule has 0 aromatic carbocycles. The van der Waals surface area contributed by atoms with Gasteiger partial charge in [0, 0.05) is 13.1 Å². The summed E-state index contributed by atoms with van der Waals surface area (Å²) in [6.45, 7) is 2.03. The number of aromatic nitrogens is 2. The number of anilines is 1. The molecule has 0 unspecified atom stereocenters. The molecular weight excluding hydrogens is 225 g/mol. The molecule has 1 fully saturated rings. The van der Waals surface area contributed by atoms with E-state index >= 15 is 0 Å². The zero-order chi connectivity index (χ0) is 12.1. The van der Waals surface area contributed by atoms with E-state index in [2.05, 4.69) is 9.97 Å². The van der Waals surface area contributed by atoms with Crippen molar-refractivity contribution >= 4 is 5.95 Å². The molecule has 0 amide bonds. The predicted molar refractivity (Wildman–Crippen MR) is 60.3 cm³/mol. The minimum atomic E-state index is -0.421. The first-order valence-electron chi connectivity index (χ1n) is 5.74. The molecule has 1 saturated heterocycles. The summed E-state index contributed by atoms with van der Waals surface area (Å²) in [7, 11) is 0. The summed E-state index contributed by atoms with van der Waals surface area (Å²) < 4.78 is 18.1. The average Bonchev–Trinajstić information content (AvgIpc) is 2.38. The summed E-state index contributed by atoms with van der Waals surface area (Å²) in [6, 6.07) is 0. The first-order chi connectivity index (χ1) is 8.29. The van der Waals surface area contributed by atoms with E-state index < -0.39 is 5.82 Å². The molecule has 1 aromatic rings. The van der Waals surface area contributed by atoms with Crippen LogP contribution >= 0.6 is 0 Å². The first kappa shape index (κ1) is 12.2. The number of hydrogen-bond acceptors (Lipinski definition) is 5. The maximum atomic E-state index is 12.7. The Morgan fingerprint density at radius 2 is 2.00 bits per heavy atom. The van der Waals surface area contributed by atoms with Crippen LogP contribution in [0.5, 0.6) is 0 Å². The van der Waals surface area contributed by atoms with Crippen molar-refractivity contribution in [2.24, 2.45) is 0 Å². The van der Waals surface area contributed by atoms with E-state index in [-0.39, 0.29) is 12.7 Å². The monoisotopic (exact) mass is 241 g/mol. The summed E-state index contributed by atoms with van der Waals surface area (Å²) in [5.74, 6) is 0.141. The number of aliphatic hydroxyl groups excluding tert-OH is 1. The molecular formula is C11H16FN3O2. The fourth-order valence-electron chi connectivity index (χ4n) is 1.91. The summed E-state index contributed by atoms with van der Waals surface area (Å²) in [5.41, 5.74) is 0. The van der Waals surface area contributed by atoms with E-state index in [1.807, 2.05) is 4.90 Å². The zero-order valence-electron chi connectivity index (χ0n) is 9.55. The van der Waals surface area contributed by atoms with Crippen LogP contribution in [0.2, 0.25) is 0 Å². The van der Waals surface area contributed by atoms with Crippen molar-refractivity contribution in [3.05, 3.63) is 18.2 Å². The van der Waals surface area contributed by atoms with Crippen LogP contribution in [0, 0.1) is 5.82 Å². The average molecular weight is 241 g/mol. The van der Waals surface area contributed by atoms with E-state index in [0.29, 0.717) is 12.6 Å². The smallest absolute Gasteiger partial charge is 0.225 e. The van der Waals surface area contributed by atoms with Crippen molar-refractivity contribution in [1.29, 1.82) is 0 Å². The standard InChI is InChI=1S/C11H16FN3O2/c12-9-7-13-11(14-8-9)15-3-1-10(2-4-15)17-6-5-16/h7-8,10,16H,1-6H2. The lowest BCUT2D eigenvalue weighted by Crippen LogP contribution is -2.38. The van der Waals surface area contributed by atoms with Gasteiger partial charge in [-0.1, -0.05) is 0 Å². The topological polar surface area (TPSA) is 58.5 Å². The second-order valence-corrected chi connectivity index (χ2v) is 3.98. The molecule has 1 N–H and O–H groups in total. The van der Waals surface area contributed by atoms with Crippen molar-refractivity contribution in [3.63, 3.8) is 0 Å². The highest BCUT2D eigenvalue weighted by Gasteiger charge is 2.21. The number of hydrogen-bond donors (Lipinski definition) is 1. The maximum Gasteiger partial charge on any atom is 0.225 e. The molecule has 1 aliphatic rings. The predicted octanol–water partition coefficient (Wildman–Crippen LogP) is 0.593. The minimum absolute atomic E-state index is 0.0568. The van der Waals surface area contributed by atoms with E-state index in [1.54, 1.807) is 0 Å². The van der Waals surface area contributed by atoms with Gasteiger partial charge >= 0.3 is 0 Å². The Morgan fingerprint density at radius 3 is 2.59 bits per heavy atom. The van der Waals surface area contributed by atoms with E-state index in [1.165, 1.54) is 12.4 Å². The number of piperidine rings is 1. The highest BCUT2D eigenvalue weighted by molar-refractivity contribution is 5.29. The Hall–Kier alpha value is -1.27. The summed E-state index contributed by atoms with van der Waals surface area (Å²) >= 11 is 0. The lowest BCUT2D eigenvalue weighted by atomic mass is 10.1. The fraction of sp³-hybridized carbons (Fsp3) is 0.636. The molecule has 0 radical (unpaired) electrons. The van der Waals surface area contributed by atoms with Gasteiger partial charge < -0.3 is 14.7 Å². The SMILES string of the molecule is OCCOC1CCN(c2ncc(F)cn2)CC1. The molecule has 0 bridgehead atoms. The van der Waals surface area contributed by atoms with E-state index in [0.717, 1.165) is 25.9 Å². The van der Waals surface area contributed by atoms with Crippen molar-refractivity contribution in [2.45, 2.75) is 18.9 Å². The fourth-order valence-corrected chi connectivity index (χ4v) is 1.91. The first-order valence-corrected chi connectivity index (χ1v) is 5.74. The Balaban J connectivity index is 1.84. The number of ether oxygens (including phenoxy) is 1. The van der Waals surface area contributed by atoms with Gasteiger partial charge in [0.2, 0.25) is 5.95 Å². The van der Waals surface area contributed by atoms with Gasteiger partial charge in [-0.3, -0.25) is 0 Å². The van der Waals surface area contributed by atoms with Gasteiger partial charge in [0.05, 0.1) is 31.7 Å². The van der Waals surface area contributed by atoms with Crippen LogP contribution in [-0.2, 0) is 4.74 Å². The van der Waals surface area contributed by atoms with Crippen LogP contribution in [0.25, 0.3) is 0 Å². The zero-order valence-corrected chi connectivity index (χ0v) is 9.55. The van der Waals surface area contributed by atoms with Gasteiger partial charge in [-0.05, 0) is 12.8 Å². The number of nitrogens with zero attached hydrogens (tertiary/aromatic N) is 3. The van der Waals surface area contributed by atoms with Crippen molar-refractivity contribution in [2.75, 3.05) is 31.2 Å². The van der Waals surface area contributed by atoms with Gasteiger partial charge in [0.25, 0.3) is 0 Å². The lowest BCUT2D eigenvalue weighted by Gasteiger charge is -2.31. The molecule has 5 nitrogen and oxygen atoms in total. The summed E-state index contributed by atoms with van der Waals surface area (Å²) in [4.78, 5) is 9.91. The molecule has 94 valence electrons. The molecule has 2 rings (SSSR count). The van der Waals surface area contributed by atoms with Crippen molar-refractivity contribution < 1.29 is 14.2 Å². The van der Waals surface area contributed by atoms with Gasteiger partial charge in [-0.25, -0.2) is 14.4 Å². The quantitative estimate of drug-likeness (QED) is 0.836. The van der Waals surface area contributed by atoms with Gasteiger partial charge in [-0.2, -0.15) is 0 Å². The number of rotatable bonds is 4. The summed E-state index contributed by atoms with van der Waals surface area (Å²) in [6.07, 6.45) is 4.30. The third-order valence-electron chi connectivity index (χ3n) is 2.78. The van der Waals surface area contributed by atoms with Crippen molar-refractivity contribution in [1.82, 2.24) is 9.97 Å². The second kappa shape index (κ2) is 5.88. The van der Waals surface area contributed by atoms with Crippen LogP contribution in [0.3, 0.4) is 0 Å². The second-order valence-electron chi connectivity index (χ2n) is 3.98. The highest BCUT2D eigenvalue weighted by Crippen LogP contribution is 2.17. The molecule has 1 aromatic heterocycles. The van der Waals surface area contributed by atoms with Gasteiger partial charge in [0.15, 0.2) is 5.82 Å². The van der Waals surface area contributed by atoms with Gasteiger partial charge in [0.1, 0.15) is 0 Å². The van der Waals surface area contributed by atoms with Crippen LogP contribution in [0.1, 0.15) is 12.8 Å². The van der Waals surface area contributed by atoms with Crippen LogP contribution in [0.15, 0.2) is 12.4 Å². The largest absolute Gasteiger partial charge is 0.394 e. The molecule has 17 heavy (non-hydrogen) atoms. The number of aliphatic hydroxyl groups is 1. The molecule has 2 heterocycles. The third kappa shape index (κ3) is 3.34. The molecule has 6 heteroatoms. The van der Waals surface area contributed by atoms with Crippen molar-refractivity contribution in [3.8, 4) is 0 Å². The minimum Gasteiger partial charge on any atom is -0.394 e. The van der Waals surface area contributed by atoms with E-state index in [9.17, 15) is 4.39 Å². The van der Waals surface area contributed by atoms with Crippen LogP contribution in [0.4, 0.5) is 10.3 Å². The Morgan fingerprint density at radius 1 is 1.35 bits per heavy atom. The molecule has 0 spiro atoms. The molecule has 0 saturated carbocycles. The molecule has 1 aliphatic heterocycles. The number of halogens is 1. The molecule has 0 atom stereocenters. The Labute approximate surface area is 99.3 Å². The Bertz CT molecular complexity index is 339. The molecule has 0 aliphatic carbocycles.